The van der Waals surface area contributed by atoms with Crippen LogP contribution in [0.5, 0.6) is 5.75 Å². The molecule has 0 amide bonds. The fourth-order valence-electron chi connectivity index (χ4n) is 1.25. The second-order valence-corrected chi connectivity index (χ2v) is 4.49. The van der Waals surface area contributed by atoms with Gasteiger partial charge in [-0.2, -0.15) is 0 Å². The topological polar surface area (TPSA) is 39.2 Å². The Bertz CT molecular complexity index is 583. The second kappa shape index (κ2) is 5.22. The van der Waals surface area contributed by atoms with Gasteiger partial charge in [0.1, 0.15) is 23.1 Å². The molecule has 3 nitrogen and oxygen atoms in total. The van der Waals surface area contributed by atoms with E-state index >= 15 is 0 Å². The van der Waals surface area contributed by atoms with Crippen LogP contribution in [-0.4, -0.2) is 10.8 Å². The van der Waals surface area contributed by atoms with Crippen molar-refractivity contribution in [1.29, 1.82) is 0 Å². The van der Waals surface area contributed by atoms with Crippen molar-refractivity contribution in [3.8, 4) is 5.75 Å². The first-order valence-corrected chi connectivity index (χ1v) is 5.97. The SMILES string of the molecule is CC(=O)c1csc(COc2ccc(F)c(F)c2)n1. The van der Waals surface area contributed by atoms with Gasteiger partial charge in [0.15, 0.2) is 17.4 Å². The minimum absolute atomic E-state index is 0.114. The molecule has 0 aliphatic carbocycles. The molecule has 1 aromatic heterocycles. The highest BCUT2D eigenvalue weighted by Crippen LogP contribution is 2.18. The molecule has 0 saturated heterocycles. The van der Waals surface area contributed by atoms with Crippen molar-refractivity contribution in [2.45, 2.75) is 13.5 Å². The van der Waals surface area contributed by atoms with Gasteiger partial charge in [-0.15, -0.1) is 11.3 Å². The van der Waals surface area contributed by atoms with Gasteiger partial charge in [-0.3, -0.25) is 4.79 Å². The largest absolute Gasteiger partial charge is 0.486 e. The number of halogens is 2. The molecule has 18 heavy (non-hydrogen) atoms. The number of carbonyl (C=O) groups is 1. The molecule has 0 unspecified atom stereocenters. The van der Waals surface area contributed by atoms with Gasteiger partial charge in [0.2, 0.25) is 0 Å². The molecule has 2 rings (SSSR count). The van der Waals surface area contributed by atoms with Crippen LogP contribution in [0, 0.1) is 11.6 Å². The van der Waals surface area contributed by atoms with E-state index in [0.717, 1.165) is 12.1 Å². The lowest BCUT2D eigenvalue weighted by Gasteiger charge is -2.03. The Balaban J connectivity index is 2.02. The minimum Gasteiger partial charge on any atom is -0.486 e. The first kappa shape index (κ1) is 12.6. The van der Waals surface area contributed by atoms with Crippen LogP contribution in [0.1, 0.15) is 22.4 Å². The molecule has 0 aliphatic heterocycles. The smallest absolute Gasteiger partial charge is 0.178 e. The number of ether oxygens (including phenoxy) is 1. The maximum Gasteiger partial charge on any atom is 0.178 e. The highest BCUT2D eigenvalue weighted by molar-refractivity contribution is 7.09. The lowest BCUT2D eigenvalue weighted by molar-refractivity contribution is 0.101. The summed E-state index contributed by atoms with van der Waals surface area (Å²) in [6.45, 7) is 1.54. The summed E-state index contributed by atoms with van der Waals surface area (Å²) in [5.74, 6) is -1.79. The molecule has 0 fully saturated rings. The molecule has 0 aliphatic rings. The molecular weight excluding hydrogens is 260 g/mol. The third kappa shape index (κ3) is 2.89. The van der Waals surface area contributed by atoms with E-state index < -0.39 is 11.6 Å². The molecule has 94 valence electrons. The van der Waals surface area contributed by atoms with E-state index in [1.54, 1.807) is 5.38 Å². The number of ketones is 1. The van der Waals surface area contributed by atoms with Crippen molar-refractivity contribution in [3.63, 3.8) is 0 Å². The Kier molecular flexibility index (Phi) is 3.66. The van der Waals surface area contributed by atoms with Crippen LogP contribution in [0.2, 0.25) is 0 Å². The highest BCUT2D eigenvalue weighted by Gasteiger charge is 2.07. The summed E-state index contributed by atoms with van der Waals surface area (Å²) in [5.41, 5.74) is 0.379. The van der Waals surface area contributed by atoms with Gasteiger partial charge >= 0.3 is 0 Å². The first-order chi connectivity index (χ1) is 8.56. The van der Waals surface area contributed by atoms with E-state index in [4.69, 9.17) is 4.74 Å². The number of nitrogens with zero attached hydrogens (tertiary/aromatic N) is 1. The maximum atomic E-state index is 12.9. The molecule has 0 atom stereocenters. The molecule has 0 bridgehead atoms. The molecule has 2 aromatic rings. The van der Waals surface area contributed by atoms with Crippen LogP contribution in [0.25, 0.3) is 0 Å². The highest BCUT2D eigenvalue weighted by atomic mass is 32.1. The van der Waals surface area contributed by atoms with Crippen LogP contribution in [0.15, 0.2) is 23.6 Å². The van der Waals surface area contributed by atoms with Gasteiger partial charge in [-0.1, -0.05) is 0 Å². The van der Waals surface area contributed by atoms with Gasteiger partial charge in [-0.05, 0) is 12.1 Å². The average molecular weight is 269 g/mol. The van der Waals surface area contributed by atoms with Gasteiger partial charge in [0, 0.05) is 18.4 Å². The lowest BCUT2D eigenvalue weighted by atomic mass is 10.3. The Hall–Kier alpha value is -1.82. The first-order valence-electron chi connectivity index (χ1n) is 5.09. The summed E-state index contributed by atoms with van der Waals surface area (Å²) in [6, 6.07) is 3.29. The van der Waals surface area contributed by atoms with E-state index in [9.17, 15) is 13.6 Å². The summed E-state index contributed by atoms with van der Waals surface area (Å²) in [6.07, 6.45) is 0. The van der Waals surface area contributed by atoms with Crippen LogP contribution in [0.3, 0.4) is 0 Å². The normalized spacial score (nSPS) is 10.4. The van der Waals surface area contributed by atoms with Crippen LogP contribution < -0.4 is 4.74 Å². The molecular formula is C12H9F2NO2S. The molecule has 0 saturated carbocycles. The van der Waals surface area contributed by atoms with E-state index in [0.29, 0.717) is 10.7 Å². The third-order valence-corrected chi connectivity index (χ3v) is 2.99. The quantitative estimate of drug-likeness (QED) is 0.800. The summed E-state index contributed by atoms with van der Waals surface area (Å²) < 4.78 is 30.8. The molecule has 1 heterocycles. The van der Waals surface area contributed by atoms with E-state index in [-0.39, 0.29) is 18.1 Å². The number of Topliss-reactive ketones (excluding diaryl/α,β-unsaturated/α-hetero) is 1. The van der Waals surface area contributed by atoms with Crippen molar-refractivity contribution < 1.29 is 18.3 Å². The number of carbonyl (C=O) groups excluding carboxylic acids is 1. The summed E-state index contributed by atoms with van der Waals surface area (Å²) in [5, 5.41) is 2.23. The molecule has 0 spiro atoms. The van der Waals surface area contributed by atoms with Crippen molar-refractivity contribution in [3.05, 3.63) is 45.9 Å². The summed E-state index contributed by atoms with van der Waals surface area (Å²) in [7, 11) is 0. The maximum absolute atomic E-state index is 12.9. The Morgan fingerprint density at radius 1 is 1.39 bits per heavy atom. The second-order valence-electron chi connectivity index (χ2n) is 3.55. The number of benzene rings is 1. The minimum atomic E-state index is -0.962. The van der Waals surface area contributed by atoms with Crippen LogP contribution in [-0.2, 0) is 6.61 Å². The van der Waals surface area contributed by atoms with E-state index in [1.807, 2.05) is 0 Å². The van der Waals surface area contributed by atoms with Crippen LogP contribution >= 0.6 is 11.3 Å². The zero-order chi connectivity index (χ0) is 13.1. The Labute approximate surface area is 106 Å². The van der Waals surface area contributed by atoms with Crippen molar-refractivity contribution in [1.82, 2.24) is 4.98 Å². The number of aromatic nitrogens is 1. The Morgan fingerprint density at radius 2 is 2.17 bits per heavy atom. The standard InChI is InChI=1S/C12H9F2NO2S/c1-7(16)11-6-18-12(15-11)5-17-8-2-3-9(13)10(14)4-8/h2-4,6H,5H2,1H3. The third-order valence-electron chi connectivity index (χ3n) is 2.17. The number of hydrogen-bond donors (Lipinski definition) is 0. The fourth-order valence-corrected chi connectivity index (χ4v) is 1.99. The van der Waals surface area contributed by atoms with Crippen molar-refractivity contribution in [2.75, 3.05) is 0 Å². The molecule has 0 radical (unpaired) electrons. The monoisotopic (exact) mass is 269 g/mol. The molecule has 0 N–H and O–H groups in total. The molecule has 1 aromatic carbocycles. The molecule has 6 heteroatoms. The van der Waals surface area contributed by atoms with E-state index in [1.165, 1.54) is 24.3 Å². The van der Waals surface area contributed by atoms with Gasteiger partial charge in [0.25, 0.3) is 0 Å². The van der Waals surface area contributed by atoms with Gasteiger partial charge in [-0.25, -0.2) is 13.8 Å². The lowest BCUT2D eigenvalue weighted by Crippen LogP contribution is -1.98. The van der Waals surface area contributed by atoms with E-state index in [2.05, 4.69) is 4.98 Å². The average Bonchev–Trinajstić information content (AvgIpc) is 2.79. The predicted molar refractivity (Wildman–Crippen MR) is 62.8 cm³/mol. The van der Waals surface area contributed by atoms with Gasteiger partial charge < -0.3 is 4.74 Å². The summed E-state index contributed by atoms with van der Waals surface area (Å²) in [4.78, 5) is 15.1. The Morgan fingerprint density at radius 3 is 2.78 bits per heavy atom. The summed E-state index contributed by atoms with van der Waals surface area (Å²) >= 11 is 1.28. The predicted octanol–water partition coefficient (Wildman–Crippen LogP) is 3.20. The number of rotatable bonds is 4. The number of thiazole rings is 1. The van der Waals surface area contributed by atoms with Crippen molar-refractivity contribution >= 4 is 17.1 Å². The van der Waals surface area contributed by atoms with Crippen molar-refractivity contribution in [2.24, 2.45) is 0 Å². The zero-order valence-corrected chi connectivity index (χ0v) is 10.3. The fraction of sp³-hybridized carbons (Fsp3) is 0.167. The zero-order valence-electron chi connectivity index (χ0n) is 9.44. The number of hydrogen-bond acceptors (Lipinski definition) is 4. The van der Waals surface area contributed by atoms with Crippen LogP contribution in [0.4, 0.5) is 8.78 Å². The van der Waals surface area contributed by atoms with Gasteiger partial charge in [0.05, 0.1) is 0 Å².